The summed E-state index contributed by atoms with van der Waals surface area (Å²) in [6, 6.07) is 2.21. The Morgan fingerprint density at radius 1 is 1.60 bits per heavy atom. The van der Waals surface area contributed by atoms with Gasteiger partial charge >= 0.3 is 0 Å². The number of nitrogens with two attached hydrogens (primary N) is 1. The van der Waals surface area contributed by atoms with Crippen LogP contribution in [0.4, 0.5) is 0 Å². The van der Waals surface area contributed by atoms with E-state index in [4.69, 9.17) is 10.5 Å². The summed E-state index contributed by atoms with van der Waals surface area (Å²) >= 11 is 5.26. The van der Waals surface area contributed by atoms with E-state index in [1.165, 1.54) is 4.88 Å². The zero-order chi connectivity index (χ0) is 11.5. The minimum Gasteiger partial charge on any atom is -0.379 e. The maximum Gasteiger partial charge on any atom is 0.0637 e. The van der Waals surface area contributed by atoms with Crippen molar-refractivity contribution < 1.29 is 4.74 Å². The summed E-state index contributed by atoms with van der Waals surface area (Å²) < 4.78 is 6.53. The lowest BCUT2D eigenvalue weighted by molar-refractivity contribution is 0.0102. The van der Waals surface area contributed by atoms with Crippen LogP contribution in [0.25, 0.3) is 0 Å². The Labute approximate surface area is 104 Å². The van der Waals surface area contributed by atoms with Gasteiger partial charge in [0.15, 0.2) is 0 Å². The number of methoxy groups -OCH3 is 1. The van der Waals surface area contributed by atoms with E-state index in [2.05, 4.69) is 41.2 Å². The van der Waals surface area contributed by atoms with Crippen molar-refractivity contribution in [2.75, 3.05) is 7.11 Å². The number of halogens is 1. The van der Waals surface area contributed by atoms with Gasteiger partial charge in [0, 0.05) is 22.5 Å². The lowest BCUT2D eigenvalue weighted by atomic mass is 9.97. The molecule has 0 saturated heterocycles. The third-order valence-electron chi connectivity index (χ3n) is 2.44. The van der Waals surface area contributed by atoms with Crippen LogP contribution in [0.5, 0.6) is 0 Å². The predicted octanol–water partition coefficient (Wildman–Crippen LogP) is 3.20. The number of ether oxygens (including phenoxy) is 1. The van der Waals surface area contributed by atoms with Gasteiger partial charge in [-0.1, -0.05) is 0 Å². The third-order valence-corrected chi connectivity index (χ3v) is 4.39. The van der Waals surface area contributed by atoms with E-state index in [1.807, 2.05) is 0 Å². The molecule has 0 fully saturated rings. The predicted molar refractivity (Wildman–Crippen MR) is 69.4 cm³/mol. The lowest BCUT2D eigenvalue weighted by Gasteiger charge is -2.26. The van der Waals surface area contributed by atoms with Crippen LogP contribution in [-0.4, -0.2) is 18.8 Å². The molecule has 1 heterocycles. The Kier molecular flexibility index (Phi) is 4.77. The van der Waals surface area contributed by atoms with E-state index < -0.39 is 0 Å². The molecule has 1 atom stereocenters. The minimum atomic E-state index is -0.136. The summed E-state index contributed by atoms with van der Waals surface area (Å²) in [6.07, 6.45) is 1.78. The molecule has 1 aromatic heterocycles. The molecule has 0 saturated carbocycles. The molecule has 0 aromatic carbocycles. The van der Waals surface area contributed by atoms with Crippen LogP contribution >= 0.6 is 27.3 Å². The zero-order valence-electron chi connectivity index (χ0n) is 9.42. The van der Waals surface area contributed by atoms with Crippen molar-refractivity contribution >= 4 is 27.3 Å². The van der Waals surface area contributed by atoms with Gasteiger partial charge in [0.05, 0.1) is 5.60 Å². The quantitative estimate of drug-likeness (QED) is 0.904. The molecular formula is C11H18BrNOS. The van der Waals surface area contributed by atoms with Gasteiger partial charge in [0.1, 0.15) is 0 Å². The summed E-state index contributed by atoms with van der Waals surface area (Å²) in [5.74, 6) is 0. The summed E-state index contributed by atoms with van der Waals surface area (Å²) in [7, 11) is 1.73. The van der Waals surface area contributed by atoms with Crippen molar-refractivity contribution in [3.8, 4) is 0 Å². The van der Waals surface area contributed by atoms with Crippen molar-refractivity contribution in [3.63, 3.8) is 0 Å². The molecule has 1 rings (SSSR count). The van der Waals surface area contributed by atoms with Crippen LogP contribution in [0, 0.1) is 0 Å². The van der Waals surface area contributed by atoms with Gasteiger partial charge in [-0.3, -0.25) is 0 Å². The van der Waals surface area contributed by atoms with E-state index in [9.17, 15) is 0 Å². The molecule has 0 radical (unpaired) electrons. The molecule has 4 heteroatoms. The van der Waals surface area contributed by atoms with Gasteiger partial charge in [-0.05, 0) is 54.1 Å². The zero-order valence-corrected chi connectivity index (χ0v) is 11.8. The van der Waals surface area contributed by atoms with Crippen LogP contribution in [0.15, 0.2) is 15.9 Å². The second-order valence-corrected chi connectivity index (χ2v) is 6.18. The molecule has 2 nitrogen and oxygen atoms in total. The summed E-state index contributed by atoms with van der Waals surface area (Å²) in [5.41, 5.74) is 5.97. The summed E-state index contributed by atoms with van der Waals surface area (Å²) in [6.45, 7) is 4.13. The van der Waals surface area contributed by atoms with Crippen LogP contribution in [0.1, 0.15) is 25.1 Å². The van der Waals surface area contributed by atoms with Crippen LogP contribution < -0.4 is 5.73 Å². The average Bonchev–Trinajstić information content (AvgIpc) is 2.51. The van der Waals surface area contributed by atoms with Crippen molar-refractivity contribution in [2.45, 2.75) is 38.3 Å². The fourth-order valence-corrected chi connectivity index (χ4v) is 3.10. The van der Waals surface area contributed by atoms with Crippen LogP contribution in [-0.2, 0) is 11.2 Å². The first kappa shape index (κ1) is 13.2. The normalized spacial score (nSPS) is 14.2. The van der Waals surface area contributed by atoms with Gasteiger partial charge in [-0.25, -0.2) is 0 Å². The maximum atomic E-state index is 6.10. The minimum absolute atomic E-state index is 0.136. The van der Waals surface area contributed by atoms with Crippen molar-refractivity contribution in [3.05, 3.63) is 20.8 Å². The molecular weight excluding hydrogens is 274 g/mol. The first-order valence-corrected chi connectivity index (χ1v) is 6.64. The fraction of sp³-hybridized carbons (Fsp3) is 0.636. The molecule has 0 bridgehead atoms. The Morgan fingerprint density at radius 2 is 2.27 bits per heavy atom. The van der Waals surface area contributed by atoms with Crippen molar-refractivity contribution in [2.24, 2.45) is 5.73 Å². The topological polar surface area (TPSA) is 35.2 Å². The Balaban J connectivity index is 2.50. The molecule has 0 aliphatic rings. The fourth-order valence-electron chi connectivity index (χ4n) is 1.50. The van der Waals surface area contributed by atoms with Gasteiger partial charge in [0.2, 0.25) is 0 Å². The highest BCUT2D eigenvalue weighted by atomic mass is 79.9. The summed E-state index contributed by atoms with van der Waals surface area (Å²) in [5, 5.41) is 2.08. The highest BCUT2D eigenvalue weighted by Crippen LogP contribution is 2.25. The second kappa shape index (κ2) is 5.43. The molecule has 0 spiro atoms. The Bertz CT molecular complexity index is 311. The first-order valence-electron chi connectivity index (χ1n) is 4.97. The number of hydrogen-bond acceptors (Lipinski definition) is 3. The van der Waals surface area contributed by atoms with E-state index in [0.717, 1.165) is 17.3 Å². The average molecular weight is 292 g/mol. The standard InChI is InChI=1S/C11H18BrNOS/c1-11(2,14-3)7-8(13)6-10-9(12)4-5-15-10/h4-5,8H,6-7,13H2,1-3H3. The van der Waals surface area contributed by atoms with Gasteiger partial charge in [-0.15, -0.1) is 11.3 Å². The Hall–Kier alpha value is 0.100. The van der Waals surface area contributed by atoms with Gasteiger partial charge in [-0.2, -0.15) is 0 Å². The molecule has 15 heavy (non-hydrogen) atoms. The van der Waals surface area contributed by atoms with E-state index in [-0.39, 0.29) is 11.6 Å². The lowest BCUT2D eigenvalue weighted by Crippen LogP contribution is -2.34. The molecule has 1 unspecified atom stereocenters. The molecule has 2 N–H and O–H groups in total. The van der Waals surface area contributed by atoms with Gasteiger partial charge < -0.3 is 10.5 Å². The smallest absolute Gasteiger partial charge is 0.0637 e. The molecule has 86 valence electrons. The van der Waals surface area contributed by atoms with E-state index >= 15 is 0 Å². The van der Waals surface area contributed by atoms with Crippen LogP contribution in [0.2, 0.25) is 0 Å². The number of thiophene rings is 1. The largest absolute Gasteiger partial charge is 0.379 e. The Morgan fingerprint density at radius 3 is 2.73 bits per heavy atom. The molecule has 0 amide bonds. The van der Waals surface area contributed by atoms with Crippen LogP contribution in [0.3, 0.4) is 0 Å². The van der Waals surface area contributed by atoms with E-state index in [0.29, 0.717) is 0 Å². The molecule has 0 aliphatic heterocycles. The van der Waals surface area contributed by atoms with Gasteiger partial charge in [0.25, 0.3) is 0 Å². The van der Waals surface area contributed by atoms with E-state index in [1.54, 1.807) is 18.4 Å². The maximum absolute atomic E-state index is 6.10. The number of hydrogen-bond donors (Lipinski definition) is 1. The van der Waals surface area contributed by atoms with Crippen molar-refractivity contribution in [1.82, 2.24) is 0 Å². The first-order chi connectivity index (χ1) is 6.94. The second-order valence-electron chi connectivity index (χ2n) is 4.32. The van der Waals surface area contributed by atoms with Crippen molar-refractivity contribution in [1.29, 1.82) is 0 Å². The third kappa shape index (κ3) is 4.23. The molecule has 1 aromatic rings. The monoisotopic (exact) mass is 291 g/mol. The highest BCUT2D eigenvalue weighted by molar-refractivity contribution is 9.10. The molecule has 0 aliphatic carbocycles. The SMILES string of the molecule is COC(C)(C)CC(N)Cc1sccc1Br. The summed E-state index contributed by atoms with van der Waals surface area (Å²) in [4.78, 5) is 1.31. The highest BCUT2D eigenvalue weighted by Gasteiger charge is 2.21. The number of rotatable bonds is 5.